The number of carboxylic acid groups (broad SMARTS) is 1. The van der Waals surface area contributed by atoms with Crippen molar-refractivity contribution in [2.45, 2.75) is 18.9 Å². The minimum Gasteiger partial charge on any atom is -0.481 e. The summed E-state index contributed by atoms with van der Waals surface area (Å²) in [4.78, 5) is 11.0. The maximum atomic E-state index is 11.0. The zero-order chi connectivity index (χ0) is 18.1. The molecule has 0 spiro atoms. The van der Waals surface area contributed by atoms with Crippen LogP contribution in [0.1, 0.15) is 23.7 Å². The zero-order valence-corrected chi connectivity index (χ0v) is 14.7. The summed E-state index contributed by atoms with van der Waals surface area (Å²) in [7, 11) is 0. The molecule has 2 N–H and O–H groups in total. The van der Waals surface area contributed by atoms with Crippen molar-refractivity contribution in [1.29, 1.82) is 0 Å². The topological polar surface area (TPSA) is 62.5 Å². The zero-order valence-electron chi connectivity index (χ0n) is 14.0. The van der Waals surface area contributed by atoms with E-state index >= 15 is 0 Å². The van der Waals surface area contributed by atoms with Gasteiger partial charge >= 0.3 is 5.97 Å². The molecule has 1 fully saturated rings. The normalized spacial score (nSPS) is 18.5. The highest BCUT2D eigenvalue weighted by Crippen LogP contribution is 2.47. The van der Waals surface area contributed by atoms with Crippen LogP contribution in [0.5, 0.6) is 0 Å². The maximum absolute atomic E-state index is 11.0. The predicted molar refractivity (Wildman–Crippen MR) is 101 cm³/mol. The number of rotatable bonds is 6. The minimum atomic E-state index is -0.702. The average molecular weight is 368 g/mol. The summed E-state index contributed by atoms with van der Waals surface area (Å²) in [5.41, 5.74) is 3.05. The van der Waals surface area contributed by atoms with Crippen molar-refractivity contribution in [2.24, 2.45) is 5.92 Å². The van der Waals surface area contributed by atoms with Gasteiger partial charge in [-0.1, -0.05) is 23.7 Å². The van der Waals surface area contributed by atoms with Gasteiger partial charge in [0.15, 0.2) is 0 Å². The Kier molecular flexibility index (Phi) is 4.43. The highest BCUT2D eigenvalue weighted by atomic mass is 35.5. The first-order chi connectivity index (χ1) is 12.6. The third-order valence-electron chi connectivity index (χ3n) is 4.70. The molecule has 1 aromatic heterocycles. The van der Waals surface area contributed by atoms with Crippen molar-refractivity contribution in [3.05, 3.63) is 77.0 Å². The molecule has 132 valence electrons. The maximum Gasteiger partial charge on any atom is 0.307 e. The summed E-state index contributed by atoms with van der Waals surface area (Å²) in [5, 5.41) is 13.0. The molecule has 0 bridgehead atoms. The molecule has 4 nitrogen and oxygen atoms in total. The van der Waals surface area contributed by atoms with E-state index in [9.17, 15) is 4.79 Å². The molecule has 1 aliphatic carbocycles. The lowest BCUT2D eigenvalue weighted by Gasteiger charge is -2.06. The number of benzene rings is 2. The van der Waals surface area contributed by atoms with Crippen molar-refractivity contribution in [3.63, 3.8) is 0 Å². The molecule has 4 rings (SSSR count). The first kappa shape index (κ1) is 16.7. The van der Waals surface area contributed by atoms with Crippen LogP contribution in [0.15, 0.2) is 65.1 Å². The van der Waals surface area contributed by atoms with Crippen molar-refractivity contribution in [2.75, 3.05) is 5.32 Å². The quantitative estimate of drug-likeness (QED) is 0.612. The van der Waals surface area contributed by atoms with Gasteiger partial charge in [-0.15, -0.1) is 0 Å². The molecule has 0 aliphatic heterocycles. The fraction of sp³-hybridized carbons (Fsp3) is 0.190. The lowest BCUT2D eigenvalue weighted by Crippen LogP contribution is -2.00. The molecule has 0 saturated heterocycles. The fourth-order valence-electron chi connectivity index (χ4n) is 3.12. The summed E-state index contributed by atoms with van der Waals surface area (Å²) in [6, 6.07) is 19.4. The van der Waals surface area contributed by atoms with Gasteiger partial charge in [0.25, 0.3) is 0 Å². The van der Waals surface area contributed by atoms with Crippen LogP contribution in [-0.2, 0) is 11.3 Å². The van der Waals surface area contributed by atoms with Crippen molar-refractivity contribution < 1.29 is 14.3 Å². The molecule has 1 saturated carbocycles. The van der Waals surface area contributed by atoms with Crippen molar-refractivity contribution in [3.8, 4) is 11.3 Å². The second-order valence-corrected chi connectivity index (χ2v) is 6.97. The summed E-state index contributed by atoms with van der Waals surface area (Å²) in [6.45, 7) is 0.577. The van der Waals surface area contributed by atoms with E-state index < -0.39 is 5.97 Å². The van der Waals surface area contributed by atoms with Gasteiger partial charge in [-0.3, -0.25) is 4.79 Å². The van der Waals surface area contributed by atoms with Crippen molar-refractivity contribution in [1.82, 2.24) is 0 Å². The van der Waals surface area contributed by atoms with Crippen molar-refractivity contribution >= 4 is 23.3 Å². The fourth-order valence-corrected chi connectivity index (χ4v) is 3.24. The highest BCUT2D eigenvalue weighted by molar-refractivity contribution is 6.30. The second kappa shape index (κ2) is 6.89. The van der Waals surface area contributed by atoms with Crippen LogP contribution in [0.4, 0.5) is 5.69 Å². The summed E-state index contributed by atoms with van der Waals surface area (Å²) >= 11 is 5.91. The molecule has 2 atom stereocenters. The number of hydrogen-bond donors (Lipinski definition) is 2. The number of hydrogen-bond acceptors (Lipinski definition) is 3. The molecule has 0 unspecified atom stereocenters. The van der Waals surface area contributed by atoms with Crippen LogP contribution in [0.3, 0.4) is 0 Å². The Morgan fingerprint density at radius 1 is 1.08 bits per heavy atom. The Balaban J connectivity index is 1.36. The standard InChI is InChI=1S/C21H18ClNO3/c22-15-5-1-14(2-6-15)20-10-9-17(26-20)12-23-16-7-3-13(4-8-16)18-11-19(18)21(24)25/h1-10,18-19,23H,11-12H2,(H,24,25)/t18-,19+/m0/s1. The van der Waals surface area contributed by atoms with Gasteiger partial charge in [0.05, 0.1) is 12.5 Å². The molecule has 5 heteroatoms. The second-order valence-electron chi connectivity index (χ2n) is 6.54. The monoisotopic (exact) mass is 367 g/mol. The molecule has 26 heavy (non-hydrogen) atoms. The highest BCUT2D eigenvalue weighted by Gasteiger charge is 2.43. The van der Waals surface area contributed by atoms with Crippen LogP contribution in [0.2, 0.25) is 5.02 Å². The largest absolute Gasteiger partial charge is 0.481 e. The SMILES string of the molecule is O=C(O)[C@@H]1C[C@H]1c1ccc(NCc2ccc(-c3ccc(Cl)cc3)o2)cc1. The predicted octanol–water partition coefficient (Wildman–Crippen LogP) is 5.40. The molecule has 3 aromatic rings. The van der Waals surface area contributed by atoms with E-state index in [1.165, 1.54) is 0 Å². The van der Waals surface area contributed by atoms with E-state index in [1.807, 2.05) is 60.7 Å². The Bertz CT molecular complexity index is 915. The molecule has 0 amide bonds. The first-order valence-corrected chi connectivity index (χ1v) is 8.89. The summed E-state index contributed by atoms with van der Waals surface area (Å²) in [5.74, 6) is 0.887. The van der Waals surface area contributed by atoms with Gasteiger partial charge < -0.3 is 14.8 Å². The van der Waals surface area contributed by atoms with E-state index in [0.29, 0.717) is 11.6 Å². The van der Waals surface area contributed by atoms with Gasteiger partial charge in [-0.05, 0) is 66.4 Å². The molecular weight excluding hydrogens is 350 g/mol. The van der Waals surface area contributed by atoms with Gasteiger partial charge in [0.1, 0.15) is 11.5 Å². The number of anilines is 1. The number of nitrogens with one attached hydrogen (secondary N) is 1. The number of carboxylic acids is 1. The van der Waals surface area contributed by atoms with E-state index in [-0.39, 0.29) is 11.8 Å². The summed E-state index contributed by atoms with van der Waals surface area (Å²) < 4.78 is 5.87. The Morgan fingerprint density at radius 2 is 1.81 bits per heavy atom. The smallest absolute Gasteiger partial charge is 0.307 e. The molecular formula is C21H18ClNO3. The van der Waals surface area contributed by atoms with E-state index in [4.69, 9.17) is 21.1 Å². The van der Waals surface area contributed by atoms with Gasteiger partial charge in [0.2, 0.25) is 0 Å². The first-order valence-electron chi connectivity index (χ1n) is 8.51. The molecule has 2 aromatic carbocycles. The Morgan fingerprint density at radius 3 is 2.46 bits per heavy atom. The lowest BCUT2D eigenvalue weighted by atomic mass is 10.1. The van der Waals surface area contributed by atoms with Crippen LogP contribution >= 0.6 is 11.6 Å². The van der Waals surface area contributed by atoms with Gasteiger partial charge in [0, 0.05) is 16.3 Å². The lowest BCUT2D eigenvalue weighted by molar-refractivity contribution is -0.138. The molecule has 0 radical (unpaired) electrons. The van der Waals surface area contributed by atoms with Gasteiger partial charge in [-0.2, -0.15) is 0 Å². The summed E-state index contributed by atoms with van der Waals surface area (Å²) in [6.07, 6.45) is 0.738. The van der Waals surface area contributed by atoms with E-state index in [2.05, 4.69) is 5.32 Å². The molecule has 1 aliphatic rings. The van der Waals surface area contributed by atoms with Gasteiger partial charge in [-0.25, -0.2) is 0 Å². The third-order valence-corrected chi connectivity index (χ3v) is 4.96. The minimum absolute atomic E-state index is 0.161. The number of furan rings is 1. The van der Waals surface area contributed by atoms with E-state index in [0.717, 1.165) is 34.8 Å². The van der Waals surface area contributed by atoms with Crippen LogP contribution < -0.4 is 5.32 Å². The molecule has 1 heterocycles. The van der Waals surface area contributed by atoms with Crippen LogP contribution in [-0.4, -0.2) is 11.1 Å². The number of halogens is 1. The number of carbonyl (C=O) groups is 1. The average Bonchev–Trinajstić information content (AvgIpc) is 3.32. The Hall–Kier alpha value is -2.72. The van der Waals surface area contributed by atoms with Crippen LogP contribution in [0, 0.1) is 5.92 Å². The van der Waals surface area contributed by atoms with Crippen LogP contribution in [0.25, 0.3) is 11.3 Å². The number of aliphatic carboxylic acids is 1. The van der Waals surface area contributed by atoms with E-state index in [1.54, 1.807) is 0 Å². The Labute approximate surface area is 156 Å². The third kappa shape index (κ3) is 3.60.